The van der Waals surface area contributed by atoms with Crippen LogP contribution in [0.15, 0.2) is 42.5 Å². The summed E-state index contributed by atoms with van der Waals surface area (Å²) in [6.45, 7) is 2.29. The first-order chi connectivity index (χ1) is 14.1. The minimum atomic E-state index is -0.914. The molecule has 2 atom stereocenters. The molecule has 2 aromatic rings. The summed E-state index contributed by atoms with van der Waals surface area (Å²) in [4.78, 5) is 27.4. The van der Waals surface area contributed by atoms with Crippen molar-refractivity contribution in [1.29, 1.82) is 0 Å². The van der Waals surface area contributed by atoms with E-state index in [0.29, 0.717) is 24.9 Å². The third-order valence-corrected chi connectivity index (χ3v) is 4.32. The van der Waals surface area contributed by atoms with Crippen molar-refractivity contribution in [2.75, 3.05) is 26.3 Å². The molecule has 0 heterocycles. The van der Waals surface area contributed by atoms with Gasteiger partial charge >= 0.3 is 0 Å². The topological polar surface area (TPSA) is 123 Å². The van der Waals surface area contributed by atoms with Crippen LogP contribution in [0.25, 0.3) is 10.8 Å². The van der Waals surface area contributed by atoms with E-state index in [0.717, 1.165) is 10.8 Å². The molecular formula is C20H27N3O6. The van der Waals surface area contributed by atoms with E-state index in [1.165, 1.54) is 0 Å². The predicted molar refractivity (Wildman–Crippen MR) is 108 cm³/mol. The molecule has 0 radical (unpaired) electrons. The maximum atomic E-state index is 12.9. The Labute approximate surface area is 169 Å². The Bertz CT molecular complexity index is 795. The number of carbonyl (C=O) groups excluding carboxylic acids is 1. The number of ether oxygens (including phenoxy) is 1. The van der Waals surface area contributed by atoms with E-state index in [1.54, 1.807) is 0 Å². The third-order valence-electron chi connectivity index (χ3n) is 4.32. The van der Waals surface area contributed by atoms with Gasteiger partial charge in [0.05, 0.1) is 0 Å². The molecule has 0 aliphatic carbocycles. The smallest absolute Gasteiger partial charge is 0.294 e. The van der Waals surface area contributed by atoms with E-state index in [4.69, 9.17) is 9.84 Å². The number of nitrogens with zero attached hydrogens (tertiary/aromatic N) is 1. The number of rotatable bonds is 13. The van der Waals surface area contributed by atoms with Crippen molar-refractivity contribution in [1.82, 2.24) is 10.6 Å². The highest BCUT2D eigenvalue weighted by atomic mass is 16.9. The monoisotopic (exact) mass is 405 g/mol. The second-order valence-corrected chi connectivity index (χ2v) is 6.36. The lowest BCUT2D eigenvalue weighted by Crippen LogP contribution is -2.39. The highest BCUT2D eigenvalue weighted by Crippen LogP contribution is 2.28. The number of hydrogen-bond acceptors (Lipinski definition) is 7. The molecule has 0 spiro atoms. The van der Waals surface area contributed by atoms with Crippen LogP contribution in [0.3, 0.4) is 0 Å². The zero-order chi connectivity index (χ0) is 21.1. The second kappa shape index (κ2) is 11.9. The molecule has 1 amide bonds. The fourth-order valence-electron chi connectivity index (χ4n) is 2.94. The number of aliphatic hydroxyl groups excluding tert-OH is 1. The molecule has 0 aliphatic heterocycles. The van der Waals surface area contributed by atoms with Gasteiger partial charge in [-0.05, 0) is 35.7 Å². The van der Waals surface area contributed by atoms with Gasteiger partial charge < -0.3 is 20.0 Å². The largest absolute Gasteiger partial charge is 0.396 e. The van der Waals surface area contributed by atoms with Crippen LogP contribution in [0.2, 0.25) is 0 Å². The number of hydrogen-bond donors (Lipinski definition) is 3. The Morgan fingerprint density at radius 3 is 2.69 bits per heavy atom. The maximum absolute atomic E-state index is 12.9. The highest BCUT2D eigenvalue weighted by Gasteiger charge is 2.26. The highest BCUT2D eigenvalue weighted by molar-refractivity contribution is 5.92. The van der Waals surface area contributed by atoms with Crippen molar-refractivity contribution in [3.8, 4) is 0 Å². The van der Waals surface area contributed by atoms with E-state index in [-0.39, 0.29) is 19.8 Å². The zero-order valence-corrected chi connectivity index (χ0v) is 16.4. The number of aliphatic hydroxyl groups is 1. The Hall–Kier alpha value is -2.75. The molecule has 0 fully saturated rings. The van der Waals surface area contributed by atoms with Crippen LogP contribution < -0.4 is 10.6 Å². The third kappa shape index (κ3) is 6.97. The lowest BCUT2D eigenvalue weighted by molar-refractivity contribution is -0.757. The summed E-state index contributed by atoms with van der Waals surface area (Å²) in [5.74, 6) is -0.407. The molecule has 0 saturated carbocycles. The van der Waals surface area contributed by atoms with Crippen LogP contribution in [0, 0.1) is 10.1 Å². The van der Waals surface area contributed by atoms with Gasteiger partial charge in [-0.3, -0.25) is 10.1 Å². The van der Waals surface area contributed by atoms with E-state index < -0.39 is 23.3 Å². The summed E-state index contributed by atoms with van der Waals surface area (Å²) >= 11 is 0. The molecule has 3 N–H and O–H groups in total. The van der Waals surface area contributed by atoms with Crippen molar-refractivity contribution in [2.45, 2.75) is 32.1 Å². The number of amides is 1. The molecule has 158 valence electrons. The van der Waals surface area contributed by atoms with Crippen molar-refractivity contribution in [3.05, 3.63) is 58.1 Å². The fourth-order valence-corrected chi connectivity index (χ4v) is 2.94. The summed E-state index contributed by atoms with van der Waals surface area (Å²) in [5, 5.41) is 26.0. The quantitative estimate of drug-likeness (QED) is 0.201. The minimum Gasteiger partial charge on any atom is -0.396 e. The molecule has 0 bridgehead atoms. The number of fused-ring (bicyclic) bond motifs is 1. The van der Waals surface area contributed by atoms with Gasteiger partial charge in [0.2, 0.25) is 0 Å². The molecule has 0 aliphatic rings. The lowest BCUT2D eigenvalue weighted by Gasteiger charge is -2.25. The first-order valence-corrected chi connectivity index (χ1v) is 9.59. The first-order valence-electron chi connectivity index (χ1n) is 9.59. The van der Waals surface area contributed by atoms with Gasteiger partial charge in [0.1, 0.15) is 12.8 Å². The molecule has 29 heavy (non-hydrogen) atoms. The summed E-state index contributed by atoms with van der Waals surface area (Å²) in [6, 6.07) is 13.3. The lowest BCUT2D eigenvalue weighted by atomic mass is 9.99. The molecule has 9 heteroatoms. The van der Waals surface area contributed by atoms with Crippen LogP contribution in [0.1, 0.15) is 31.4 Å². The molecule has 0 saturated heterocycles. The first kappa shape index (κ1) is 22.5. The van der Waals surface area contributed by atoms with Gasteiger partial charge in [-0.15, -0.1) is 10.1 Å². The van der Waals surface area contributed by atoms with Crippen LogP contribution in [-0.4, -0.2) is 48.6 Å². The Balaban J connectivity index is 2.22. The Morgan fingerprint density at radius 2 is 1.97 bits per heavy atom. The zero-order valence-electron chi connectivity index (χ0n) is 16.4. The van der Waals surface area contributed by atoms with Crippen LogP contribution in [-0.2, 0) is 14.4 Å². The van der Waals surface area contributed by atoms with Gasteiger partial charge in [0.15, 0.2) is 6.10 Å². The van der Waals surface area contributed by atoms with E-state index in [2.05, 4.69) is 15.5 Å². The average Bonchev–Trinajstić information content (AvgIpc) is 2.73. The SMILES string of the molecule is CCC(NCCCO)OC(C(=O)NCCO[N+](=O)[O-])c1cccc2ccccc12. The average molecular weight is 405 g/mol. The van der Waals surface area contributed by atoms with Crippen molar-refractivity contribution in [3.63, 3.8) is 0 Å². The molecule has 0 aromatic heterocycles. The Kier molecular flexibility index (Phi) is 9.29. The summed E-state index contributed by atoms with van der Waals surface area (Å²) in [7, 11) is 0. The van der Waals surface area contributed by atoms with E-state index in [9.17, 15) is 14.9 Å². The number of carbonyl (C=O) groups is 1. The van der Waals surface area contributed by atoms with Gasteiger partial charge in [0, 0.05) is 13.2 Å². The van der Waals surface area contributed by atoms with Crippen molar-refractivity contribution < 1.29 is 24.6 Å². The summed E-state index contributed by atoms with van der Waals surface area (Å²) < 4.78 is 6.10. The van der Waals surface area contributed by atoms with Crippen molar-refractivity contribution >= 4 is 16.7 Å². The minimum absolute atomic E-state index is 0.0147. The summed E-state index contributed by atoms with van der Waals surface area (Å²) in [6.07, 6.45) is -0.122. The van der Waals surface area contributed by atoms with Gasteiger partial charge in [-0.2, -0.15) is 0 Å². The molecule has 9 nitrogen and oxygen atoms in total. The van der Waals surface area contributed by atoms with E-state index in [1.807, 2.05) is 49.4 Å². The molecule has 2 unspecified atom stereocenters. The maximum Gasteiger partial charge on any atom is 0.294 e. The predicted octanol–water partition coefficient (Wildman–Crippen LogP) is 1.93. The van der Waals surface area contributed by atoms with Crippen LogP contribution in [0.4, 0.5) is 0 Å². The standard InChI is InChI=1S/C20H27N3O6/c1-2-18(21-11-6-13-24)29-19(20(25)22-12-14-28-23(26)27)17-10-5-8-15-7-3-4-9-16(15)17/h3-5,7-10,18-19,21,24H,2,6,11-14H2,1H3,(H,22,25). The molecule has 2 aromatic carbocycles. The van der Waals surface area contributed by atoms with E-state index >= 15 is 0 Å². The second-order valence-electron chi connectivity index (χ2n) is 6.36. The summed E-state index contributed by atoms with van der Waals surface area (Å²) in [5.41, 5.74) is 0.707. The van der Waals surface area contributed by atoms with Gasteiger partial charge in [-0.1, -0.05) is 49.4 Å². The molecular weight excluding hydrogens is 378 g/mol. The normalized spacial score (nSPS) is 13.0. The van der Waals surface area contributed by atoms with Crippen LogP contribution >= 0.6 is 0 Å². The Morgan fingerprint density at radius 1 is 1.21 bits per heavy atom. The van der Waals surface area contributed by atoms with Crippen molar-refractivity contribution in [2.24, 2.45) is 0 Å². The molecule has 2 rings (SSSR count). The van der Waals surface area contributed by atoms with Gasteiger partial charge in [-0.25, -0.2) is 0 Å². The fraction of sp³-hybridized carbons (Fsp3) is 0.450. The number of benzene rings is 2. The van der Waals surface area contributed by atoms with Crippen LogP contribution in [0.5, 0.6) is 0 Å². The number of nitrogens with one attached hydrogen (secondary N) is 2. The van der Waals surface area contributed by atoms with Gasteiger partial charge in [0.25, 0.3) is 11.0 Å².